The second-order valence-electron chi connectivity index (χ2n) is 6.20. The van der Waals surface area contributed by atoms with Crippen molar-refractivity contribution in [2.45, 2.75) is 53.1 Å². The Morgan fingerprint density at radius 2 is 1.90 bits per heavy atom. The summed E-state index contributed by atoms with van der Waals surface area (Å²) in [6, 6.07) is -0.637. The number of thiazole rings is 1. The lowest BCUT2D eigenvalue weighted by Crippen LogP contribution is -2.59. The Balaban J connectivity index is 2.71. The van der Waals surface area contributed by atoms with Gasteiger partial charge in [-0.1, -0.05) is 0 Å². The highest BCUT2D eigenvalue weighted by Gasteiger charge is 2.44. The molecule has 2 amide bonds. The quantitative estimate of drug-likeness (QED) is 0.779. The molecule has 0 radical (unpaired) electrons. The van der Waals surface area contributed by atoms with Crippen LogP contribution in [0.4, 0.5) is 4.79 Å². The number of nitrogens with one attached hydrogen (secondary N) is 2. The number of carboxylic acid groups (broad SMARTS) is 1. The molecule has 0 aromatic carbocycles. The van der Waals surface area contributed by atoms with E-state index in [0.29, 0.717) is 0 Å². The van der Waals surface area contributed by atoms with Gasteiger partial charge in [0.1, 0.15) is 5.01 Å². The molecule has 1 atom stereocenters. The van der Waals surface area contributed by atoms with Crippen molar-refractivity contribution in [3.05, 3.63) is 16.1 Å². The number of aryl methyl sites for hydroxylation is 1. The third kappa shape index (κ3) is 3.93. The molecule has 1 aromatic heterocycles. The molecule has 6 nitrogen and oxygen atoms in total. The van der Waals surface area contributed by atoms with E-state index < -0.39 is 23.0 Å². The average Bonchev–Trinajstić information content (AvgIpc) is 2.74. The number of carbonyl (C=O) groups is 2. The first-order valence-corrected chi connectivity index (χ1v) is 7.59. The molecule has 21 heavy (non-hydrogen) atoms. The molecular weight excluding hydrogens is 290 g/mol. The molecule has 0 bridgehead atoms. The van der Waals surface area contributed by atoms with E-state index in [1.807, 2.05) is 19.2 Å². The van der Waals surface area contributed by atoms with Crippen molar-refractivity contribution in [2.24, 2.45) is 5.41 Å². The van der Waals surface area contributed by atoms with E-state index in [2.05, 4.69) is 15.6 Å². The van der Waals surface area contributed by atoms with Crippen molar-refractivity contribution in [2.75, 3.05) is 0 Å². The highest BCUT2D eigenvalue weighted by molar-refractivity contribution is 7.09. The van der Waals surface area contributed by atoms with E-state index in [9.17, 15) is 14.7 Å². The van der Waals surface area contributed by atoms with Gasteiger partial charge in [-0.05, 0) is 41.5 Å². The fourth-order valence-electron chi connectivity index (χ4n) is 1.57. The second-order valence-corrected chi connectivity index (χ2v) is 7.09. The van der Waals surface area contributed by atoms with Crippen molar-refractivity contribution >= 4 is 23.3 Å². The lowest BCUT2D eigenvalue weighted by Gasteiger charge is -2.38. The van der Waals surface area contributed by atoms with Crippen LogP contribution in [0, 0.1) is 12.3 Å². The topological polar surface area (TPSA) is 91.3 Å². The predicted molar refractivity (Wildman–Crippen MR) is 82.4 cm³/mol. The maximum atomic E-state index is 12.1. The van der Waals surface area contributed by atoms with Crippen LogP contribution in [0.5, 0.6) is 0 Å². The summed E-state index contributed by atoms with van der Waals surface area (Å²) in [5.74, 6) is -0.962. The van der Waals surface area contributed by atoms with Gasteiger partial charge in [0.2, 0.25) is 0 Å². The molecule has 118 valence electrons. The monoisotopic (exact) mass is 313 g/mol. The zero-order valence-corrected chi connectivity index (χ0v) is 14.1. The number of nitrogens with zero attached hydrogens (tertiary/aromatic N) is 1. The van der Waals surface area contributed by atoms with E-state index in [1.165, 1.54) is 11.3 Å². The van der Waals surface area contributed by atoms with Gasteiger partial charge in [0, 0.05) is 11.1 Å². The van der Waals surface area contributed by atoms with Gasteiger partial charge in [0.15, 0.2) is 0 Å². The number of hydrogen-bond acceptors (Lipinski definition) is 4. The zero-order valence-electron chi connectivity index (χ0n) is 13.3. The molecule has 1 rings (SSSR count). The molecule has 0 aliphatic rings. The number of amides is 2. The summed E-state index contributed by atoms with van der Waals surface area (Å²) < 4.78 is 0. The van der Waals surface area contributed by atoms with Crippen LogP contribution in [0.25, 0.3) is 0 Å². The van der Waals surface area contributed by atoms with Crippen molar-refractivity contribution in [1.82, 2.24) is 15.6 Å². The summed E-state index contributed by atoms with van der Waals surface area (Å²) in [4.78, 5) is 27.7. The summed E-state index contributed by atoms with van der Waals surface area (Å²) in [5, 5.41) is 17.5. The molecule has 3 N–H and O–H groups in total. The first kappa shape index (κ1) is 17.4. The van der Waals surface area contributed by atoms with Crippen molar-refractivity contribution < 1.29 is 14.7 Å². The van der Waals surface area contributed by atoms with Gasteiger partial charge in [-0.15, -0.1) is 11.3 Å². The average molecular weight is 313 g/mol. The van der Waals surface area contributed by atoms with Crippen molar-refractivity contribution in [3.8, 4) is 0 Å². The van der Waals surface area contributed by atoms with Crippen molar-refractivity contribution in [1.29, 1.82) is 0 Å². The van der Waals surface area contributed by atoms with Gasteiger partial charge in [-0.2, -0.15) is 0 Å². The number of rotatable bonds is 5. The lowest BCUT2D eigenvalue weighted by molar-refractivity contribution is -0.150. The van der Waals surface area contributed by atoms with E-state index in [4.69, 9.17) is 0 Å². The van der Waals surface area contributed by atoms with E-state index in [1.54, 1.807) is 27.7 Å². The van der Waals surface area contributed by atoms with Gasteiger partial charge in [-0.25, -0.2) is 9.78 Å². The van der Waals surface area contributed by atoms with E-state index in [-0.39, 0.29) is 6.04 Å². The maximum Gasteiger partial charge on any atom is 0.315 e. The smallest absolute Gasteiger partial charge is 0.315 e. The van der Waals surface area contributed by atoms with Gasteiger partial charge in [-0.3, -0.25) is 4.79 Å². The minimum Gasteiger partial charge on any atom is -0.481 e. The number of aromatic nitrogens is 1. The van der Waals surface area contributed by atoms with Gasteiger partial charge < -0.3 is 15.7 Å². The number of hydrogen-bond donors (Lipinski definition) is 3. The Bertz CT molecular complexity index is 537. The third-order valence-corrected chi connectivity index (χ3v) is 5.02. The molecule has 0 aliphatic carbocycles. The van der Waals surface area contributed by atoms with Gasteiger partial charge in [0.05, 0.1) is 17.0 Å². The van der Waals surface area contributed by atoms with E-state index in [0.717, 1.165) is 10.7 Å². The van der Waals surface area contributed by atoms with E-state index >= 15 is 0 Å². The highest BCUT2D eigenvalue weighted by Crippen LogP contribution is 2.30. The van der Waals surface area contributed by atoms with Crippen LogP contribution in [0.2, 0.25) is 0 Å². The van der Waals surface area contributed by atoms with Crippen LogP contribution in [0.1, 0.15) is 51.4 Å². The Morgan fingerprint density at radius 3 is 2.33 bits per heavy atom. The van der Waals surface area contributed by atoms with Crippen LogP contribution >= 0.6 is 11.3 Å². The standard InChI is InChI=1S/C14H23N3O3S/c1-8-7-21-10(15-8)9(2)16-12(20)17-14(5,6)13(3,4)11(18)19/h7,9H,1-6H3,(H,18,19)(H2,16,17,20). The molecule has 0 spiro atoms. The first-order chi connectivity index (χ1) is 9.47. The Morgan fingerprint density at radius 1 is 1.33 bits per heavy atom. The molecule has 7 heteroatoms. The van der Waals surface area contributed by atoms with Gasteiger partial charge in [0.25, 0.3) is 0 Å². The Hall–Kier alpha value is -1.63. The second kappa shape index (κ2) is 6.01. The van der Waals surface area contributed by atoms with Crippen molar-refractivity contribution in [3.63, 3.8) is 0 Å². The number of carboxylic acids is 1. The van der Waals surface area contributed by atoms with Crippen LogP contribution < -0.4 is 10.6 Å². The largest absolute Gasteiger partial charge is 0.481 e. The van der Waals surface area contributed by atoms with Crippen LogP contribution in [0.3, 0.4) is 0 Å². The summed E-state index contributed by atoms with van der Waals surface area (Å²) in [6.07, 6.45) is 0. The first-order valence-electron chi connectivity index (χ1n) is 6.71. The minimum absolute atomic E-state index is 0.229. The fraction of sp³-hybridized carbons (Fsp3) is 0.643. The SMILES string of the molecule is Cc1csc(C(C)NC(=O)NC(C)(C)C(C)(C)C(=O)O)n1. The molecule has 1 heterocycles. The fourth-order valence-corrected chi connectivity index (χ4v) is 2.38. The number of aliphatic carboxylic acids is 1. The predicted octanol–water partition coefficient (Wildman–Crippen LogP) is 2.70. The molecule has 1 aromatic rings. The summed E-state index contributed by atoms with van der Waals surface area (Å²) in [7, 11) is 0. The summed E-state index contributed by atoms with van der Waals surface area (Å²) in [5.41, 5.74) is -1.08. The summed E-state index contributed by atoms with van der Waals surface area (Å²) >= 11 is 1.48. The number of carbonyl (C=O) groups excluding carboxylic acids is 1. The maximum absolute atomic E-state index is 12.1. The normalized spacial score (nSPS) is 13.6. The summed E-state index contributed by atoms with van der Waals surface area (Å²) in [6.45, 7) is 10.3. The van der Waals surface area contributed by atoms with Crippen LogP contribution in [0.15, 0.2) is 5.38 Å². The third-order valence-electron chi connectivity index (χ3n) is 3.88. The lowest BCUT2D eigenvalue weighted by atomic mass is 9.74. The Labute approximate surface area is 129 Å². The van der Waals surface area contributed by atoms with Crippen LogP contribution in [-0.4, -0.2) is 27.6 Å². The molecule has 0 aliphatic heterocycles. The number of urea groups is 1. The van der Waals surface area contributed by atoms with Gasteiger partial charge >= 0.3 is 12.0 Å². The molecule has 0 fully saturated rings. The minimum atomic E-state index is -1.09. The highest BCUT2D eigenvalue weighted by atomic mass is 32.1. The molecule has 0 saturated carbocycles. The van der Waals surface area contributed by atoms with Crippen LogP contribution in [-0.2, 0) is 4.79 Å². The molecule has 0 saturated heterocycles. The molecule has 1 unspecified atom stereocenters. The zero-order chi connectivity index (χ0) is 16.4. The Kier molecular flexibility index (Phi) is 4.99. The molecular formula is C14H23N3O3S.